The molecule has 0 amide bonds. The average molecular weight is 244 g/mol. The number of nitrogens with two attached hydrogens (primary N) is 1. The molecule has 0 saturated carbocycles. The summed E-state index contributed by atoms with van der Waals surface area (Å²) in [7, 11) is 0. The molecule has 2 rings (SSSR count). The van der Waals surface area contributed by atoms with E-state index in [9.17, 15) is 0 Å². The van der Waals surface area contributed by atoms with Crippen LogP contribution < -0.4 is 10.5 Å². The van der Waals surface area contributed by atoms with Gasteiger partial charge in [-0.2, -0.15) is 0 Å². The van der Waals surface area contributed by atoms with Gasteiger partial charge in [-0.05, 0) is 24.3 Å². The summed E-state index contributed by atoms with van der Waals surface area (Å²) in [5.41, 5.74) is 7.60. The summed E-state index contributed by atoms with van der Waals surface area (Å²) >= 11 is 0. The standard InChI is InChI=1S/C15H20N2O/c1-15(2,3)14-7-4-11-10-12(18-9-8-16)5-6-13(11)17-14/h4-7,10H,8-9,16H2,1-3H3. The Morgan fingerprint density at radius 1 is 1.17 bits per heavy atom. The van der Waals surface area contributed by atoms with Crippen molar-refractivity contribution in [3.05, 3.63) is 36.0 Å². The fourth-order valence-electron chi connectivity index (χ4n) is 1.79. The molecule has 0 spiro atoms. The van der Waals surface area contributed by atoms with Gasteiger partial charge in [-0.1, -0.05) is 26.8 Å². The summed E-state index contributed by atoms with van der Waals surface area (Å²) < 4.78 is 5.51. The molecule has 3 nitrogen and oxygen atoms in total. The van der Waals surface area contributed by atoms with Gasteiger partial charge < -0.3 is 10.5 Å². The molecule has 1 aromatic carbocycles. The van der Waals surface area contributed by atoms with E-state index in [1.165, 1.54) is 0 Å². The van der Waals surface area contributed by atoms with Gasteiger partial charge in [0.1, 0.15) is 12.4 Å². The molecule has 0 aliphatic carbocycles. The van der Waals surface area contributed by atoms with E-state index < -0.39 is 0 Å². The molecule has 1 heterocycles. The molecule has 18 heavy (non-hydrogen) atoms. The van der Waals surface area contributed by atoms with Gasteiger partial charge in [0.25, 0.3) is 0 Å². The van der Waals surface area contributed by atoms with Crippen LogP contribution in [0.3, 0.4) is 0 Å². The Hall–Kier alpha value is -1.61. The van der Waals surface area contributed by atoms with Crippen LogP contribution in [0.5, 0.6) is 5.75 Å². The van der Waals surface area contributed by atoms with Crippen LogP contribution in [0.15, 0.2) is 30.3 Å². The topological polar surface area (TPSA) is 48.1 Å². The fraction of sp³-hybridized carbons (Fsp3) is 0.400. The SMILES string of the molecule is CC(C)(C)c1ccc2cc(OCCN)ccc2n1. The molecule has 0 aliphatic rings. The minimum atomic E-state index is 0.0723. The van der Waals surface area contributed by atoms with Crippen LogP contribution in [0.4, 0.5) is 0 Å². The monoisotopic (exact) mass is 244 g/mol. The number of aromatic nitrogens is 1. The predicted molar refractivity (Wildman–Crippen MR) is 75.0 cm³/mol. The molecule has 2 N–H and O–H groups in total. The zero-order valence-electron chi connectivity index (χ0n) is 11.2. The Morgan fingerprint density at radius 2 is 1.94 bits per heavy atom. The Bertz CT molecular complexity index is 544. The van der Waals surface area contributed by atoms with Crippen molar-refractivity contribution in [2.24, 2.45) is 5.73 Å². The summed E-state index contributed by atoms with van der Waals surface area (Å²) in [5, 5.41) is 1.09. The lowest BCUT2D eigenvalue weighted by Gasteiger charge is -2.18. The van der Waals surface area contributed by atoms with Crippen LogP contribution in [0.2, 0.25) is 0 Å². The molecule has 0 aliphatic heterocycles. The van der Waals surface area contributed by atoms with Gasteiger partial charge in [-0.3, -0.25) is 4.98 Å². The minimum absolute atomic E-state index is 0.0723. The van der Waals surface area contributed by atoms with Crippen molar-refractivity contribution in [2.45, 2.75) is 26.2 Å². The maximum Gasteiger partial charge on any atom is 0.120 e. The lowest BCUT2D eigenvalue weighted by atomic mass is 9.91. The molecule has 1 aromatic heterocycles. The Balaban J connectivity index is 2.36. The van der Waals surface area contributed by atoms with Crippen LogP contribution in [-0.4, -0.2) is 18.1 Å². The smallest absolute Gasteiger partial charge is 0.120 e. The summed E-state index contributed by atoms with van der Waals surface area (Å²) in [6, 6.07) is 10.1. The molecular weight excluding hydrogens is 224 g/mol. The van der Waals surface area contributed by atoms with Crippen molar-refractivity contribution in [1.82, 2.24) is 4.98 Å². The van der Waals surface area contributed by atoms with Gasteiger partial charge in [0.05, 0.1) is 5.52 Å². The van der Waals surface area contributed by atoms with Crippen molar-refractivity contribution in [2.75, 3.05) is 13.2 Å². The Labute approximate surface area is 108 Å². The van der Waals surface area contributed by atoms with Crippen LogP contribution >= 0.6 is 0 Å². The van der Waals surface area contributed by atoms with Crippen LogP contribution in [0.25, 0.3) is 10.9 Å². The molecule has 96 valence electrons. The van der Waals surface area contributed by atoms with Crippen molar-refractivity contribution < 1.29 is 4.74 Å². The summed E-state index contributed by atoms with van der Waals surface area (Å²) in [4.78, 5) is 4.69. The van der Waals surface area contributed by atoms with E-state index in [1.54, 1.807) is 0 Å². The molecule has 0 bridgehead atoms. The number of nitrogens with zero attached hydrogens (tertiary/aromatic N) is 1. The van der Waals surface area contributed by atoms with Crippen molar-refractivity contribution >= 4 is 10.9 Å². The zero-order chi connectivity index (χ0) is 13.2. The first-order chi connectivity index (χ1) is 8.50. The number of benzene rings is 1. The molecule has 0 radical (unpaired) electrons. The third kappa shape index (κ3) is 2.79. The lowest BCUT2D eigenvalue weighted by molar-refractivity contribution is 0.329. The Morgan fingerprint density at radius 3 is 2.61 bits per heavy atom. The van der Waals surface area contributed by atoms with E-state index >= 15 is 0 Å². The van der Waals surface area contributed by atoms with E-state index in [0.29, 0.717) is 13.2 Å². The molecular formula is C15H20N2O. The number of hydrogen-bond donors (Lipinski definition) is 1. The first kappa shape index (κ1) is 12.8. The second kappa shape index (κ2) is 4.94. The first-order valence-corrected chi connectivity index (χ1v) is 6.25. The first-order valence-electron chi connectivity index (χ1n) is 6.25. The number of hydrogen-bond acceptors (Lipinski definition) is 3. The second-order valence-corrected chi connectivity index (χ2v) is 5.44. The molecule has 3 heteroatoms. The summed E-state index contributed by atoms with van der Waals surface area (Å²) in [5.74, 6) is 0.846. The van der Waals surface area contributed by atoms with Gasteiger partial charge in [-0.15, -0.1) is 0 Å². The lowest BCUT2D eigenvalue weighted by Crippen LogP contribution is -2.13. The third-order valence-corrected chi connectivity index (χ3v) is 2.82. The normalized spacial score (nSPS) is 11.8. The molecule has 0 atom stereocenters. The van der Waals surface area contributed by atoms with Crippen molar-refractivity contribution in [3.63, 3.8) is 0 Å². The highest BCUT2D eigenvalue weighted by atomic mass is 16.5. The van der Waals surface area contributed by atoms with Gasteiger partial charge in [0.2, 0.25) is 0 Å². The predicted octanol–water partition coefficient (Wildman–Crippen LogP) is 2.87. The average Bonchev–Trinajstić information content (AvgIpc) is 2.34. The van der Waals surface area contributed by atoms with E-state index in [-0.39, 0.29) is 5.41 Å². The number of ether oxygens (including phenoxy) is 1. The fourth-order valence-corrected chi connectivity index (χ4v) is 1.79. The second-order valence-electron chi connectivity index (χ2n) is 5.44. The van der Waals surface area contributed by atoms with Crippen LogP contribution in [0, 0.1) is 0 Å². The van der Waals surface area contributed by atoms with E-state index in [2.05, 4.69) is 37.9 Å². The van der Waals surface area contributed by atoms with E-state index in [4.69, 9.17) is 10.5 Å². The highest BCUT2D eigenvalue weighted by Gasteiger charge is 2.15. The largest absolute Gasteiger partial charge is 0.492 e. The minimum Gasteiger partial charge on any atom is -0.492 e. The highest BCUT2D eigenvalue weighted by Crippen LogP contribution is 2.25. The van der Waals surface area contributed by atoms with Crippen molar-refractivity contribution in [3.8, 4) is 5.75 Å². The quantitative estimate of drug-likeness (QED) is 0.903. The number of fused-ring (bicyclic) bond motifs is 1. The third-order valence-electron chi connectivity index (χ3n) is 2.82. The summed E-state index contributed by atoms with van der Waals surface area (Å²) in [6.45, 7) is 7.57. The maximum atomic E-state index is 5.51. The molecule has 0 fully saturated rings. The van der Waals surface area contributed by atoms with E-state index in [0.717, 1.165) is 22.3 Å². The van der Waals surface area contributed by atoms with Gasteiger partial charge >= 0.3 is 0 Å². The number of pyridine rings is 1. The Kier molecular flexibility index (Phi) is 3.53. The van der Waals surface area contributed by atoms with Gasteiger partial charge in [0, 0.05) is 23.0 Å². The number of rotatable bonds is 3. The van der Waals surface area contributed by atoms with E-state index in [1.807, 2.05) is 18.2 Å². The maximum absolute atomic E-state index is 5.51. The molecule has 0 saturated heterocycles. The zero-order valence-corrected chi connectivity index (χ0v) is 11.2. The molecule has 0 unspecified atom stereocenters. The van der Waals surface area contributed by atoms with Crippen LogP contribution in [-0.2, 0) is 5.41 Å². The molecule has 2 aromatic rings. The van der Waals surface area contributed by atoms with Crippen molar-refractivity contribution in [1.29, 1.82) is 0 Å². The van der Waals surface area contributed by atoms with Gasteiger partial charge in [-0.25, -0.2) is 0 Å². The van der Waals surface area contributed by atoms with Gasteiger partial charge in [0.15, 0.2) is 0 Å². The summed E-state index contributed by atoms with van der Waals surface area (Å²) in [6.07, 6.45) is 0. The van der Waals surface area contributed by atoms with Crippen LogP contribution in [0.1, 0.15) is 26.5 Å². The highest BCUT2D eigenvalue weighted by molar-refractivity contribution is 5.80.